The van der Waals surface area contributed by atoms with Gasteiger partial charge in [-0.05, 0) is 88.1 Å². The molecule has 8 aliphatic rings. The van der Waals surface area contributed by atoms with Gasteiger partial charge in [0.15, 0.2) is 24.1 Å². The Morgan fingerprint density at radius 3 is 1.27 bits per heavy atom. The van der Waals surface area contributed by atoms with Crippen LogP contribution in [0.5, 0.6) is 34.5 Å². The van der Waals surface area contributed by atoms with Crippen molar-refractivity contribution in [2.24, 2.45) is 21.7 Å². The third kappa shape index (κ3) is 17.6. The average molecular weight is 1810 g/mol. The van der Waals surface area contributed by atoms with E-state index in [0.717, 1.165) is 33.3 Å². The number of rotatable bonds is 31. The number of amides is 8. The molecule has 4 heterocycles. The van der Waals surface area contributed by atoms with Gasteiger partial charge in [0.05, 0.1) is 169 Å². The van der Waals surface area contributed by atoms with Crippen LogP contribution in [0.25, 0.3) is 0 Å². The minimum absolute atomic E-state index is 0.0139. The van der Waals surface area contributed by atoms with Crippen molar-refractivity contribution in [1.29, 1.82) is 0 Å². The van der Waals surface area contributed by atoms with Crippen LogP contribution in [0, 0.1) is 0 Å². The van der Waals surface area contributed by atoms with Gasteiger partial charge in [0.2, 0.25) is 47.0 Å². The lowest BCUT2D eigenvalue weighted by Gasteiger charge is -2.43. The topological polar surface area (TPSA) is 612 Å². The first-order valence-electron chi connectivity index (χ1n) is 40.7. The third-order valence-electron chi connectivity index (χ3n) is 23.6. The van der Waals surface area contributed by atoms with E-state index in [-0.39, 0.29) is 157 Å². The molecule has 6 aromatic carbocycles. The third-order valence-corrected chi connectivity index (χ3v) is 26.0. The normalized spacial score (nSPS) is 25.6. The number of carbonyl (C=O) groups is 12. The highest BCUT2D eigenvalue weighted by molar-refractivity contribution is 8.01. The molecule has 40 nitrogen and oxygen atoms in total. The minimum Gasteiger partial charge on any atom is -0.507 e. The Hall–Kier alpha value is -11.6. The van der Waals surface area contributed by atoms with Crippen LogP contribution in [0.3, 0.4) is 0 Å². The molecule has 8 amide bonds. The van der Waals surface area contributed by atoms with E-state index in [1.807, 2.05) is 0 Å². The first kappa shape index (κ1) is 92.6. The fourth-order valence-corrected chi connectivity index (χ4v) is 19.1. The van der Waals surface area contributed by atoms with Crippen molar-refractivity contribution in [1.82, 2.24) is 21.5 Å². The molecule has 0 bridgehead atoms. The van der Waals surface area contributed by atoms with Crippen LogP contribution < -0.4 is 52.2 Å². The van der Waals surface area contributed by atoms with Gasteiger partial charge in [-0.15, -0.1) is 23.5 Å². The lowest BCUT2D eigenvalue weighted by atomic mass is 9.70. The largest absolute Gasteiger partial charge is 0.507 e. The fourth-order valence-electron chi connectivity index (χ4n) is 17.2. The molecule has 0 radical (unpaired) electrons. The summed E-state index contributed by atoms with van der Waals surface area (Å²) < 4.78 is 46.2. The molecule has 18 N–H and O–H groups in total. The second-order valence-electron chi connectivity index (χ2n) is 31.4. The summed E-state index contributed by atoms with van der Waals surface area (Å²) in [7, 11) is 2.54. The van der Waals surface area contributed by atoms with Crippen molar-refractivity contribution in [2.75, 3.05) is 88.3 Å². The summed E-state index contributed by atoms with van der Waals surface area (Å²) in [5.41, 5.74) is 4.57. The number of nitrogens with zero attached hydrogens (tertiary/aromatic N) is 4. The van der Waals surface area contributed by atoms with Crippen molar-refractivity contribution in [3.05, 3.63) is 163 Å². The van der Waals surface area contributed by atoms with Gasteiger partial charge in [-0.2, -0.15) is 10.2 Å². The quantitative estimate of drug-likeness (QED) is 0.00949. The predicted molar refractivity (Wildman–Crippen MR) is 450 cm³/mol. The molecule has 128 heavy (non-hydrogen) atoms. The van der Waals surface area contributed by atoms with Crippen molar-refractivity contribution >= 4 is 117 Å². The van der Waals surface area contributed by atoms with E-state index in [0.29, 0.717) is 0 Å². The predicted octanol–water partition coefficient (Wildman–Crippen LogP) is 1.05. The number of phenolic OH excluding ortho intramolecular Hbond substituents is 4. The van der Waals surface area contributed by atoms with Crippen LogP contribution >= 0.6 is 23.5 Å². The van der Waals surface area contributed by atoms with Gasteiger partial charge >= 0.3 is 0 Å². The number of imide groups is 2. The van der Waals surface area contributed by atoms with E-state index in [4.69, 9.17) is 49.4 Å². The average Bonchev–Trinajstić information content (AvgIpc) is 0.831. The van der Waals surface area contributed by atoms with Crippen molar-refractivity contribution in [2.45, 2.75) is 148 Å². The molecule has 6 aromatic rings. The number of ketones is 4. The zero-order chi connectivity index (χ0) is 91.8. The number of benzene rings is 6. The minimum atomic E-state index is -2.61. The van der Waals surface area contributed by atoms with Gasteiger partial charge < -0.3 is 111 Å². The smallest absolute Gasteiger partial charge is 0.271 e. The molecule has 0 saturated carbocycles. The van der Waals surface area contributed by atoms with Gasteiger partial charge in [-0.3, -0.25) is 57.5 Å². The number of hydrogen-bond donors (Lipinski definition) is 16. The van der Waals surface area contributed by atoms with E-state index in [9.17, 15) is 109 Å². The molecule has 42 heteroatoms. The molecule has 4 saturated heterocycles. The summed E-state index contributed by atoms with van der Waals surface area (Å²) in [6.07, 6.45) is -10.8. The summed E-state index contributed by atoms with van der Waals surface area (Å²) in [6, 6.07) is 17.2. The Morgan fingerprint density at radius 1 is 0.523 bits per heavy atom. The number of methoxy groups -OCH3 is 2. The van der Waals surface area contributed by atoms with Crippen LogP contribution in [0.1, 0.15) is 184 Å². The molecule has 2 unspecified atom stereocenters. The van der Waals surface area contributed by atoms with Gasteiger partial charge in [-0.1, -0.05) is 36.4 Å². The highest BCUT2D eigenvalue weighted by Crippen LogP contribution is 2.58. The van der Waals surface area contributed by atoms with Crippen molar-refractivity contribution in [3.63, 3.8) is 0 Å². The highest BCUT2D eigenvalue weighted by atomic mass is 32.2. The molecule has 14 rings (SSSR count). The zero-order valence-electron chi connectivity index (χ0n) is 69.1. The summed E-state index contributed by atoms with van der Waals surface area (Å²) >= 11 is 1.81. The van der Waals surface area contributed by atoms with Gasteiger partial charge in [-0.25, -0.2) is 20.7 Å². The van der Waals surface area contributed by atoms with Crippen LogP contribution in [0.15, 0.2) is 95.1 Å². The monoisotopic (exact) mass is 1810 g/mol. The number of aliphatic hydroxyl groups is 6. The summed E-state index contributed by atoms with van der Waals surface area (Å²) in [6.45, 7) is 1.28. The second-order valence-corrected chi connectivity index (χ2v) is 33.8. The van der Waals surface area contributed by atoms with Crippen molar-refractivity contribution in [3.8, 4) is 34.5 Å². The van der Waals surface area contributed by atoms with Crippen molar-refractivity contribution < 1.29 is 146 Å². The maximum atomic E-state index is 14.4. The van der Waals surface area contributed by atoms with Crippen LogP contribution in [0.2, 0.25) is 0 Å². The van der Waals surface area contributed by atoms with E-state index < -0.39 is 247 Å². The number of hydrazone groups is 2. The molecule has 14 atom stereocenters. The SMILES string of the molecule is COc1cccc2c1C(=O)c1c(O)c3c(c(O)c1C2=O)[C@@](O)(/C(CO)=N/NC(=O)c1cccc(N2C(=O)CC(SCC(=O)NCCOCCOCCNC(=O)CSC4CC(=O)N(c5cccc(C(=O)N/N=C(\CO)[C@@]6(O)CC[C@H](O[C@H]7C[C@H](N)[C@H](O)[C@H](C)O7)c7c(O)c8c(c(O)c76)C(=O)c6cccc(OC)c6C8=O)c5)C4=O)C2=O)c1)CC[C@@H]3O[C@H]1C[C@H](N)[C@H](O)[C@H](C)O1. The number of fused-ring (bicyclic) bond motifs is 6. The van der Waals surface area contributed by atoms with Gasteiger partial charge in [0.1, 0.15) is 45.7 Å². The highest BCUT2D eigenvalue weighted by Gasteiger charge is 2.55. The number of aromatic hydroxyl groups is 4. The number of anilines is 2. The molecule has 4 fully saturated rings. The van der Waals surface area contributed by atoms with E-state index in [1.165, 1.54) is 99.1 Å². The fraction of sp³-hybridized carbons (Fsp3) is 0.419. The Morgan fingerprint density at radius 2 is 0.898 bits per heavy atom. The number of hydrogen-bond acceptors (Lipinski definition) is 36. The summed E-state index contributed by atoms with van der Waals surface area (Å²) in [4.78, 5) is 167. The van der Waals surface area contributed by atoms with Gasteiger partial charge in [0.25, 0.3) is 11.8 Å². The number of nitrogens with two attached hydrogens (primary N) is 2. The van der Waals surface area contributed by atoms with Gasteiger partial charge in [0, 0.05) is 95.4 Å². The molecular weight excluding hydrogens is 1720 g/mol. The summed E-state index contributed by atoms with van der Waals surface area (Å²) in [5.74, 6) is -13.5. The maximum Gasteiger partial charge on any atom is 0.271 e. The first-order chi connectivity index (χ1) is 61.2. The molecule has 4 aliphatic heterocycles. The number of carbonyl (C=O) groups excluding carboxylic acids is 12. The molecular formula is C86H92N10O30S2. The Labute approximate surface area is 736 Å². The van der Waals surface area contributed by atoms with E-state index in [2.05, 4.69) is 31.7 Å². The maximum absolute atomic E-state index is 14.4. The summed E-state index contributed by atoms with van der Waals surface area (Å²) in [5, 5.41) is 129. The van der Waals surface area contributed by atoms with E-state index in [1.54, 1.807) is 13.8 Å². The molecule has 4 aliphatic carbocycles. The molecule has 0 aromatic heterocycles. The Balaban J connectivity index is 0.512. The number of nitrogens with one attached hydrogen (secondary N) is 4. The standard InChI is InChI=1S/C86H92N10O30S2/c1-37-71(103)45(87)29-59(123-37)125-49-17-19-85(117,69-63(49)77(109)67-65(79(69)111)73(105)43-13-7-15-47(119-3)61(43)75(67)107)53(33-97)91-93-81(113)39-9-5-11-41(27-39)95-57(101)31-51(83(95)115)127-35-55(99)89-21-23-121-25-26-122-24-22-90-56(100)36-128-52-32-58(102)96(84(52)116)42-12-6-10-40(28-42)82(114)94-92-54(34-98)86(118)20-18-50(126-60-30-46(88)72(104)38(2)124-60)64-70(86)80(112)66-68(78(64)110)76(108)62-44(74(66)106)14-8-16-48(62)120-4/h5-16,27-28,37-38,45-46,49-52,59-60,71-72,97-98,103-104,109-112,117-118H,17-26,29-36,87-88H2,1-4H3,(H,89,99)(H,90,100)(H,93,113)(H,94,114)/b91-53+,92-54+/t37-,38-,45-,46-,49-,50-,51?,52?,59-,60-,71+,72+,85-,86-/m0/s1. The number of aliphatic hydroxyl groups excluding tert-OH is 4. The van der Waals surface area contributed by atoms with Crippen LogP contribution in [-0.2, 0) is 68.4 Å². The molecule has 0 spiro atoms. The van der Waals surface area contributed by atoms with Crippen LogP contribution in [0.4, 0.5) is 11.4 Å². The lowest BCUT2D eigenvalue weighted by Crippen LogP contribution is -2.52. The zero-order valence-corrected chi connectivity index (χ0v) is 70.8. The number of phenols is 4. The first-order valence-corrected chi connectivity index (χ1v) is 42.8. The van der Waals surface area contributed by atoms with E-state index >= 15 is 0 Å². The molecule has 678 valence electrons. The Kier molecular flexibility index (Phi) is 27.8. The number of ether oxygens (including phenoxy) is 8. The number of thioether (sulfide) groups is 2. The Bertz CT molecular complexity index is 5240. The lowest BCUT2D eigenvalue weighted by molar-refractivity contribution is -0.243. The van der Waals surface area contributed by atoms with Crippen LogP contribution in [-0.4, -0.2) is 271 Å². The second kappa shape index (κ2) is 38.4.